The maximum absolute atomic E-state index is 12.8. The molecular weight excluding hydrogens is 468 g/mol. The minimum Gasteiger partial charge on any atom is -0.390 e. The molecule has 0 unspecified atom stereocenters. The Bertz CT molecular complexity index is 914. The SMILES string of the molecule is CC(C)CNC(=O)[C@H](C(C)C)[C@@H](O)[C@H](O)[C@H](CC(C)C)c1sc(NS(C)(=O)=O)nc1C(N)=O. The van der Waals surface area contributed by atoms with Gasteiger partial charge in [0, 0.05) is 17.3 Å². The number of sulfonamides is 1. The van der Waals surface area contributed by atoms with Crippen LogP contribution in [0.1, 0.15) is 69.2 Å². The van der Waals surface area contributed by atoms with Crippen molar-refractivity contribution in [2.45, 2.75) is 66.1 Å². The van der Waals surface area contributed by atoms with Crippen molar-refractivity contribution < 1.29 is 28.2 Å². The molecule has 2 amide bonds. The number of thiazole rings is 1. The standard InChI is InChI=1S/C21H38N4O6S2/c1-10(2)8-13(18-15(19(22)28)24-21(32-18)25-33(7,30)31)16(26)17(27)14(12(5)6)20(29)23-9-11(3)4/h10-14,16-17,26-27H,8-9H2,1-7H3,(H2,22,28)(H,23,29)(H,24,25)/t13-,14+,16+,17+/m0/s1. The number of primary amides is 1. The third-order valence-corrected chi connectivity index (χ3v) is 6.85. The van der Waals surface area contributed by atoms with E-state index in [1.54, 1.807) is 13.8 Å². The first-order valence-corrected chi connectivity index (χ1v) is 13.7. The summed E-state index contributed by atoms with van der Waals surface area (Å²) in [5.74, 6) is -2.96. The van der Waals surface area contributed by atoms with Gasteiger partial charge in [-0.1, -0.05) is 52.9 Å². The number of nitrogens with two attached hydrogens (primary N) is 1. The molecule has 1 heterocycles. The Morgan fingerprint density at radius 2 is 1.64 bits per heavy atom. The van der Waals surface area contributed by atoms with Gasteiger partial charge in [0.25, 0.3) is 5.91 Å². The zero-order valence-electron chi connectivity index (χ0n) is 20.3. The molecule has 1 aromatic heterocycles. The van der Waals surface area contributed by atoms with E-state index in [0.717, 1.165) is 17.6 Å². The van der Waals surface area contributed by atoms with Crippen LogP contribution in [0.25, 0.3) is 0 Å². The highest BCUT2D eigenvalue weighted by atomic mass is 32.2. The third-order valence-electron chi connectivity index (χ3n) is 5.06. The van der Waals surface area contributed by atoms with Crippen LogP contribution >= 0.6 is 11.3 Å². The molecule has 4 atom stereocenters. The Labute approximate surface area is 200 Å². The van der Waals surface area contributed by atoms with Crippen LogP contribution in [0.5, 0.6) is 0 Å². The summed E-state index contributed by atoms with van der Waals surface area (Å²) in [6.07, 6.45) is -1.56. The highest BCUT2D eigenvalue weighted by molar-refractivity contribution is 7.92. The van der Waals surface area contributed by atoms with Gasteiger partial charge < -0.3 is 21.3 Å². The largest absolute Gasteiger partial charge is 0.390 e. The number of amides is 2. The Morgan fingerprint density at radius 3 is 2.06 bits per heavy atom. The van der Waals surface area contributed by atoms with E-state index in [0.29, 0.717) is 13.0 Å². The Morgan fingerprint density at radius 1 is 1.06 bits per heavy atom. The van der Waals surface area contributed by atoms with E-state index in [2.05, 4.69) is 15.0 Å². The molecule has 0 radical (unpaired) electrons. The molecule has 33 heavy (non-hydrogen) atoms. The number of rotatable bonds is 13. The van der Waals surface area contributed by atoms with Crippen molar-refractivity contribution in [1.29, 1.82) is 0 Å². The number of hydrogen-bond donors (Lipinski definition) is 5. The normalized spacial score (nSPS) is 16.0. The van der Waals surface area contributed by atoms with Crippen LogP contribution in [0, 0.1) is 23.7 Å². The first-order chi connectivity index (χ1) is 15.0. The molecule has 0 aliphatic rings. The maximum Gasteiger partial charge on any atom is 0.268 e. The summed E-state index contributed by atoms with van der Waals surface area (Å²) in [5.41, 5.74) is 5.31. The van der Waals surface area contributed by atoms with Crippen molar-refractivity contribution in [2.75, 3.05) is 17.5 Å². The summed E-state index contributed by atoms with van der Waals surface area (Å²) in [5, 5.41) is 25.1. The molecular formula is C21H38N4O6S2. The fourth-order valence-electron chi connectivity index (χ4n) is 3.60. The van der Waals surface area contributed by atoms with Crippen LogP contribution in [0.4, 0.5) is 5.13 Å². The number of hydrogen-bond acceptors (Lipinski definition) is 8. The zero-order valence-corrected chi connectivity index (χ0v) is 22.0. The number of aliphatic hydroxyl groups excluding tert-OH is 2. The van der Waals surface area contributed by atoms with E-state index < -0.39 is 40.0 Å². The Balaban J connectivity index is 3.41. The second-order valence-corrected chi connectivity index (χ2v) is 12.4. The van der Waals surface area contributed by atoms with Crippen molar-refractivity contribution in [3.8, 4) is 0 Å². The Kier molecular flexibility index (Phi) is 10.7. The molecule has 0 bridgehead atoms. The van der Waals surface area contributed by atoms with Gasteiger partial charge in [0.2, 0.25) is 15.9 Å². The van der Waals surface area contributed by atoms with Gasteiger partial charge >= 0.3 is 0 Å². The summed E-state index contributed by atoms with van der Waals surface area (Å²) in [7, 11) is -3.66. The van der Waals surface area contributed by atoms with Crippen LogP contribution in [0.3, 0.4) is 0 Å². The number of carbonyl (C=O) groups is 2. The molecule has 0 spiro atoms. The average Bonchev–Trinajstić information content (AvgIpc) is 3.05. The van der Waals surface area contributed by atoms with Gasteiger partial charge in [-0.25, -0.2) is 13.4 Å². The molecule has 0 fully saturated rings. The van der Waals surface area contributed by atoms with E-state index in [9.17, 15) is 28.2 Å². The van der Waals surface area contributed by atoms with E-state index in [-0.39, 0.29) is 39.4 Å². The fourth-order valence-corrected chi connectivity index (χ4v) is 5.56. The Hall–Kier alpha value is -1.76. The first-order valence-electron chi connectivity index (χ1n) is 11.0. The highest BCUT2D eigenvalue weighted by Crippen LogP contribution is 2.39. The quantitative estimate of drug-likeness (QED) is 0.270. The van der Waals surface area contributed by atoms with Gasteiger partial charge in [0.15, 0.2) is 5.13 Å². The zero-order chi connectivity index (χ0) is 25.7. The average molecular weight is 507 g/mol. The second kappa shape index (κ2) is 12.1. The van der Waals surface area contributed by atoms with Crippen LogP contribution in [0.2, 0.25) is 0 Å². The lowest BCUT2D eigenvalue weighted by molar-refractivity contribution is -0.135. The van der Waals surface area contributed by atoms with Crippen LogP contribution in [-0.2, 0) is 14.8 Å². The number of carbonyl (C=O) groups excluding carboxylic acids is 2. The molecule has 190 valence electrons. The van der Waals surface area contributed by atoms with Crippen molar-refractivity contribution >= 4 is 38.3 Å². The van der Waals surface area contributed by atoms with Crippen LogP contribution < -0.4 is 15.8 Å². The molecule has 0 saturated heterocycles. The molecule has 10 nitrogen and oxygen atoms in total. The number of aromatic nitrogens is 1. The van der Waals surface area contributed by atoms with Crippen molar-refractivity contribution in [1.82, 2.24) is 10.3 Å². The van der Waals surface area contributed by atoms with Gasteiger partial charge in [0.05, 0.1) is 24.4 Å². The molecule has 0 aromatic carbocycles. The molecule has 6 N–H and O–H groups in total. The molecule has 0 saturated carbocycles. The predicted molar refractivity (Wildman–Crippen MR) is 129 cm³/mol. The van der Waals surface area contributed by atoms with E-state index in [4.69, 9.17) is 5.73 Å². The van der Waals surface area contributed by atoms with Crippen molar-refractivity contribution in [3.63, 3.8) is 0 Å². The van der Waals surface area contributed by atoms with Gasteiger partial charge in [-0.3, -0.25) is 14.3 Å². The number of nitrogens with zero attached hydrogens (tertiary/aromatic N) is 1. The van der Waals surface area contributed by atoms with Crippen LogP contribution in [0.15, 0.2) is 0 Å². The second-order valence-electron chi connectivity index (χ2n) is 9.60. The van der Waals surface area contributed by atoms with Crippen molar-refractivity contribution in [2.24, 2.45) is 29.4 Å². The van der Waals surface area contributed by atoms with Gasteiger partial charge in [0.1, 0.15) is 5.69 Å². The summed E-state index contributed by atoms with van der Waals surface area (Å²) in [6, 6.07) is 0. The summed E-state index contributed by atoms with van der Waals surface area (Å²) in [4.78, 5) is 29.1. The molecule has 12 heteroatoms. The highest BCUT2D eigenvalue weighted by Gasteiger charge is 2.40. The summed E-state index contributed by atoms with van der Waals surface area (Å²) in [6.45, 7) is 11.7. The molecule has 0 aliphatic heterocycles. The molecule has 0 aliphatic carbocycles. The fraction of sp³-hybridized carbons (Fsp3) is 0.762. The lowest BCUT2D eigenvalue weighted by Crippen LogP contribution is -2.48. The third kappa shape index (κ3) is 8.84. The van der Waals surface area contributed by atoms with Crippen LogP contribution in [-0.4, -0.2) is 60.4 Å². The number of anilines is 1. The predicted octanol–water partition coefficient (Wildman–Crippen LogP) is 1.51. The topological polar surface area (TPSA) is 172 Å². The lowest BCUT2D eigenvalue weighted by atomic mass is 9.79. The van der Waals surface area contributed by atoms with E-state index in [1.807, 2.05) is 27.7 Å². The monoisotopic (exact) mass is 506 g/mol. The number of aliphatic hydroxyl groups is 2. The molecule has 1 aromatic rings. The molecule has 1 rings (SSSR count). The number of nitrogens with one attached hydrogen (secondary N) is 2. The lowest BCUT2D eigenvalue weighted by Gasteiger charge is -2.33. The van der Waals surface area contributed by atoms with E-state index >= 15 is 0 Å². The van der Waals surface area contributed by atoms with Crippen molar-refractivity contribution in [3.05, 3.63) is 10.6 Å². The van der Waals surface area contributed by atoms with Gasteiger partial charge in [-0.15, -0.1) is 0 Å². The smallest absolute Gasteiger partial charge is 0.268 e. The van der Waals surface area contributed by atoms with E-state index in [1.165, 1.54) is 0 Å². The maximum atomic E-state index is 12.8. The van der Waals surface area contributed by atoms with Gasteiger partial charge in [-0.05, 0) is 24.2 Å². The minimum atomic E-state index is -3.66. The summed E-state index contributed by atoms with van der Waals surface area (Å²) < 4.78 is 25.5. The minimum absolute atomic E-state index is 0.0401. The first kappa shape index (κ1) is 29.3. The van der Waals surface area contributed by atoms with Gasteiger partial charge in [-0.2, -0.15) is 0 Å². The summed E-state index contributed by atoms with van der Waals surface area (Å²) >= 11 is 0.879.